The highest BCUT2D eigenvalue weighted by Crippen LogP contribution is 2.40. The average molecular weight is 238 g/mol. The fraction of sp³-hybridized carbons (Fsp3) is 0.400. The topological polar surface area (TPSA) is 26.0 Å². The van der Waals surface area contributed by atoms with Crippen molar-refractivity contribution in [1.82, 2.24) is 0 Å². The monoisotopic (exact) mass is 237 g/mol. The van der Waals surface area contributed by atoms with E-state index in [9.17, 15) is 13.2 Å². The SMILES string of the molecule is Cl.N[C@H](c1cc(F)cc(F)c1F)C1CC1. The second kappa shape index (κ2) is 4.41. The molecule has 0 spiro atoms. The van der Waals surface area contributed by atoms with E-state index in [1.807, 2.05) is 0 Å². The maximum atomic E-state index is 13.2. The van der Waals surface area contributed by atoms with Crippen LogP contribution >= 0.6 is 12.4 Å². The normalized spacial score (nSPS) is 17.1. The maximum absolute atomic E-state index is 13.2. The van der Waals surface area contributed by atoms with E-state index in [4.69, 9.17) is 5.73 Å². The highest BCUT2D eigenvalue weighted by atomic mass is 35.5. The molecule has 15 heavy (non-hydrogen) atoms. The summed E-state index contributed by atoms with van der Waals surface area (Å²) < 4.78 is 38.8. The molecule has 0 amide bonds. The van der Waals surface area contributed by atoms with Crippen molar-refractivity contribution in [3.8, 4) is 0 Å². The van der Waals surface area contributed by atoms with Crippen LogP contribution in [0.5, 0.6) is 0 Å². The van der Waals surface area contributed by atoms with Gasteiger partial charge < -0.3 is 5.73 Å². The lowest BCUT2D eigenvalue weighted by Gasteiger charge is -2.12. The van der Waals surface area contributed by atoms with Crippen LogP contribution in [0.25, 0.3) is 0 Å². The minimum absolute atomic E-state index is 0. The Balaban J connectivity index is 0.00000112. The highest BCUT2D eigenvalue weighted by molar-refractivity contribution is 5.85. The van der Waals surface area contributed by atoms with E-state index in [0.29, 0.717) is 6.07 Å². The Labute approximate surface area is 91.9 Å². The summed E-state index contributed by atoms with van der Waals surface area (Å²) in [5.41, 5.74) is 5.61. The second-order valence-electron chi connectivity index (χ2n) is 3.65. The molecule has 1 nitrogen and oxygen atoms in total. The van der Waals surface area contributed by atoms with Gasteiger partial charge in [-0.25, -0.2) is 13.2 Å². The van der Waals surface area contributed by atoms with Crippen LogP contribution in [0.1, 0.15) is 24.4 Å². The molecule has 0 unspecified atom stereocenters. The summed E-state index contributed by atoms with van der Waals surface area (Å²) in [4.78, 5) is 0. The van der Waals surface area contributed by atoms with E-state index < -0.39 is 23.5 Å². The van der Waals surface area contributed by atoms with E-state index in [-0.39, 0.29) is 23.9 Å². The Hall–Kier alpha value is -0.740. The van der Waals surface area contributed by atoms with E-state index in [0.717, 1.165) is 18.9 Å². The first-order chi connectivity index (χ1) is 6.59. The molecule has 0 bridgehead atoms. The van der Waals surface area contributed by atoms with Crippen LogP contribution in [0, 0.1) is 23.4 Å². The Kier molecular flexibility index (Phi) is 3.62. The van der Waals surface area contributed by atoms with Gasteiger partial charge in [0.05, 0.1) is 0 Å². The smallest absolute Gasteiger partial charge is 0.163 e. The predicted octanol–water partition coefficient (Wildman–Crippen LogP) is 2.94. The summed E-state index contributed by atoms with van der Waals surface area (Å²) in [6.07, 6.45) is 1.80. The molecule has 1 aliphatic rings. The van der Waals surface area contributed by atoms with E-state index in [2.05, 4.69) is 0 Å². The van der Waals surface area contributed by atoms with Gasteiger partial charge in [-0.05, 0) is 24.8 Å². The van der Waals surface area contributed by atoms with E-state index >= 15 is 0 Å². The first kappa shape index (κ1) is 12.3. The molecule has 0 saturated heterocycles. The number of rotatable bonds is 2. The molecule has 2 rings (SSSR count). The molecular formula is C10H11ClF3N. The standard InChI is InChI=1S/C10H10F3N.ClH/c11-6-3-7(9(13)8(12)4-6)10(14)5-1-2-5;/h3-5,10H,1-2,14H2;1H/t10-;/m0./s1. The first-order valence-corrected chi connectivity index (χ1v) is 4.49. The van der Waals surface area contributed by atoms with Gasteiger partial charge in [-0.3, -0.25) is 0 Å². The summed E-state index contributed by atoms with van der Waals surface area (Å²) in [6.45, 7) is 0. The van der Waals surface area contributed by atoms with Crippen LogP contribution in [0.2, 0.25) is 0 Å². The molecular weight excluding hydrogens is 227 g/mol. The van der Waals surface area contributed by atoms with Gasteiger partial charge in [0.1, 0.15) is 5.82 Å². The molecule has 0 aliphatic heterocycles. The number of hydrogen-bond acceptors (Lipinski definition) is 1. The van der Waals surface area contributed by atoms with Crippen molar-refractivity contribution in [2.45, 2.75) is 18.9 Å². The number of nitrogens with two attached hydrogens (primary N) is 1. The zero-order valence-corrected chi connectivity index (χ0v) is 8.66. The molecule has 0 aromatic heterocycles. The van der Waals surface area contributed by atoms with Crippen molar-refractivity contribution < 1.29 is 13.2 Å². The van der Waals surface area contributed by atoms with Crippen LogP contribution < -0.4 is 5.73 Å². The van der Waals surface area contributed by atoms with Gasteiger partial charge in [-0.1, -0.05) is 0 Å². The zero-order chi connectivity index (χ0) is 10.3. The highest BCUT2D eigenvalue weighted by Gasteiger charge is 2.32. The second-order valence-corrected chi connectivity index (χ2v) is 3.65. The third-order valence-corrected chi connectivity index (χ3v) is 2.51. The van der Waals surface area contributed by atoms with Gasteiger partial charge in [0.25, 0.3) is 0 Å². The maximum Gasteiger partial charge on any atom is 0.163 e. The average Bonchev–Trinajstić information content (AvgIpc) is 2.93. The summed E-state index contributed by atoms with van der Waals surface area (Å²) in [5.74, 6) is -2.80. The zero-order valence-electron chi connectivity index (χ0n) is 7.84. The fourth-order valence-electron chi connectivity index (χ4n) is 1.53. The van der Waals surface area contributed by atoms with Crippen molar-refractivity contribution in [2.75, 3.05) is 0 Å². The summed E-state index contributed by atoms with van der Waals surface area (Å²) in [7, 11) is 0. The van der Waals surface area contributed by atoms with E-state index in [1.54, 1.807) is 0 Å². The molecule has 0 radical (unpaired) electrons. The predicted molar refractivity (Wildman–Crippen MR) is 53.2 cm³/mol. The third-order valence-electron chi connectivity index (χ3n) is 2.51. The van der Waals surface area contributed by atoms with Crippen LogP contribution in [0.4, 0.5) is 13.2 Å². The largest absolute Gasteiger partial charge is 0.324 e. The lowest BCUT2D eigenvalue weighted by molar-refractivity contribution is 0.466. The molecule has 1 fully saturated rings. The molecule has 2 N–H and O–H groups in total. The molecule has 1 aromatic rings. The van der Waals surface area contributed by atoms with Crippen molar-refractivity contribution in [3.05, 3.63) is 35.1 Å². The van der Waals surface area contributed by atoms with Crippen LogP contribution in [-0.2, 0) is 0 Å². The Morgan fingerprint density at radius 1 is 1.20 bits per heavy atom. The molecule has 84 valence electrons. The van der Waals surface area contributed by atoms with Gasteiger partial charge in [0.15, 0.2) is 11.6 Å². The Morgan fingerprint density at radius 3 is 2.33 bits per heavy atom. The summed E-state index contributed by atoms with van der Waals surface area (Å²) >= 11 is 0. The number of halogens is 4. The van der Waals surface area contributed by atoms with Crippen molar-refractivity contribution >= 4 is 12.4 Å². The van der Waals surface area contributed by atoms with Gasteiger partial charge in [0, 0.05) is 17.7 Å². The number of benzene rings is 1. The Morgan fingerprint density at radius 2 is 1.80 bits per heavy atom. The van der Waals surface area contributed by atoms with Crippen molar-refractivity contribution in [2.24, 2.45) is 11.7 Å². The molecule has 1 atom stereocenters. The summed E-state index contributed by atoms with van der Waals surface area (Å²) in [5, 5.41) is 0. The third kappa shape index (κ3) is 2.44. The van der Waals surface area contributed by atoms with E-state index in [1.165, 1.54) is 0 Å². The van der Waals surface area contributed by atoms with Crippen LogP contribution in [0.3, 0.4) is 0 Å². The molecule has 1 aromatic carbocycles. The number of hydrogen-bond donors (Lipinski definition) is 1. The van der Waals surface area contributed by atoms with Gasteiger partial charge in [-0.2, -0.15) is 0 Å². The lowest BCUT2D eigenvalue weighted by Crippen LogP contribution is -2.15. The van der Waals surface area contributed by atoms with Gasteiger partial charge in [-0.15, -0.1) is 12.4 Å². The first-order valence-electron chi connectivity index (χ1n) is 4.49. The van der Waals surface area contributed by atoms with Crippen molar-refractivity contribution in [1.29, 1.82) is 0 Å². The van der Waals surface area contributed by atoms with Crippen LogP contribution in [-0.4, -0.2) is 0 Å². The fourth-order valence-corrected chi connectivity index (χ4v) is 1.53. The van der Waals surface area contributed by atoms with Crippen LogP contribution in [0.15, 0.2) is 12.1 Å². The summed E-state index contributed by atoms with van der Waals surface area (Å²) in [6, 6.07) is 0.917. The van der Waals surface area contributed by atoms with Gasteiger partial charge in [0.2, 0.25) is 0 Å². The molecule has 1 saturated carbocycles. The van der Waals surface area contributed by atoms with Crippen molar-refractivity contribution in [3.63, 3.8) is 0 Å². The molecule has 0 heterocycles. The minimum atomic E-state index is -1.17. The molecule has 5 heteroatoms. The molecule has 1 aliphatic carbocycles. The lowest BCUT2D eigenvalue weighted by atomic mass is 10.0. The minimum Gasteiger partial charge on any atom is -0.324 e. The van der Waals surface area contributed by atoms with Gasteiger partial charge >= 0.3 is 0 Å². The Bertz CT molecular complexity index is 366. The quantitative estimate of drug-likeness (QED) is 0.787.